The van der Waals surface area contributed by atoms with Crippen molar-refractivity contribution in [2.45, 2.75) is 26.8 Å². The number of rotatable bonds is 2. The van der Waals surface area contributed by atoms with Crippen molar-refractivity contribution >= 4 is 0 Å². The molecule has 0 bridgehead atoms. The highest BCUT2D eigenvalue weighted by Crippen LogP contribution is 1.99. The molecule has 2 nitrogen and oxygen atoms in total. The van der Waals surface area contributed by atoms with Crippen molar-refractivity contribution in [3.63, 3.8) is 0 Å². The van der Waals surface area contributed by atoms with E-state index in [0.29, 0.717) is 0 Å². The summed E-state index contributed by atoms with van der Waals surface area (Å²) in [5, 5.41) is 2.75. The molecule has 0 fully saturated rings. The lowest BCUT2D eigenvalue weighted by Gasteiger charge is -2.08. The van der Waals surface area contributed by atoms with Gasteiger partial charge in [-0.2, -0.15) is 0 Å². The third-order valence-corrected chi connectivity index (χ3v) is 2.01. The van der Waals surface area contributed by atoms with Crippen molar-refractivity contribution in [2.75, 3.05) is 28.2 Å². The van der Waals surface area contributed by atoms with Gasteiger partial charge in [-0.1, -0.05) is 87.0 Å². The fourth-order valence-electron chi connectivity index (χ4n) is 1.33. The second-order valence-corrected chi connectivity index (χ2v) is 5.09. The summed E-state index contributed by atoms with van der Waals surface area (Å²) < 4.78 is 0. The largest absolute Gasteiger partial charge is 0.323 e. The van der Waals surface area contributed by atoms with Crippen molar-refractivity contribution in [3.05, 3.63) is 72.3 Å². The molecule has 0 saturated carbocycles. The van der Waals surface area contributed by atoms with Crippen LogP contribution >= 0.6 is 0 Å². The third-order valence-electron chi connectivity index (χ3n) is 2.01. The molecule has 0 aliphatic heterocycles. The van der Waals surface area contributed by atoms with Crippen LogP contribution in [0.1, 0.15) is 25.8 Å². The highest BCUT2D eigenvalue weighted by atomic mass is 15.0. The van der Waals surface area contributed by atoms with Crippen LogP contribution in [0.3, 0.4) is 0 Å². The minimum Gasteiger partial charge on any atom is -0.323 e. The number of benzene rings is 2. The summed E-state index contributed by atoms with van der Waals surface area (Å²) in [6.07, 6.45) is 1.25. The number of hydrogen-bond donors (Lipinski definition) is 1. The molecular weight excluding hydrogens is 268 g/mol. The number of nitrogens with zero attached hydrogens (tertiary/aromatic N) is 1. The Labute approximate surface area is 138 Å². The first-order valence-corrected chi connectivity index (χ1v) is 7.89. The second kappa shape index (κ2) is 19.4. The average molecular weight is 303 g/mol. The van der Waals surface area contributed by atoms with Crippen molar-refractivity contribution in [2.24, 2.45) is 0 Å². The molecule has 2 heteroatoms. The molecule has 1 N–H and O–H groups in total. The van der Waals surface area contributed by atoms with E-state index in [0.717, 1.165) is 6.54 Å². The van der Waals surface area contributed by atoms with Crippen LogP contribution in [0.25, 0.3) is 0 Å². The standard InChI is InChI=1S/C9H13N.C6H6.C3H8.C2H7N/c1-10(2)8-9-6-4-3-5-7-9;1-2-4-6-5-3-1;2*1-3-2/h3-7H,8H2,1-2H3;1-6H;3H2,1-2H3;3H,1-2H3. The summed E-state index contributed by atoms with van der Waals surface area (Å²) >= 11 is 0. The van der Waals surface area contributed by atoms with Crippen LogP contribution in [0.5, 0.6) is 0 Å². The molecule has 0 atom stereocenters. The van der Waals surface area contributed by atoms with Gasteiger partial charge in [0.05, 0.1) is 0 Å². The SMILES string of the molecule is CCC.CN(C)Cc1ccccc1.CNC.c1ccccc1. The first kappa shape index (κ1) is 22.6. The van der Waals surface area contributed by atoms with Gasteiger partial charge in [0.1, 0.15) is 0 Å². The zero-order valence-electron chi connectivity index (χ0n) is 15.2. The van der Waals surface area contributed by atoms with Gasteiger partial charge in [0, 0.05) is 6.54 Å². The zero-order valence-corrected chi connectivity index (χ0v) is 15.2. The molecule has 2 aromatic carbocycles. The van der Waals surface area contributed by atoms with E-state index < -0.39 is 0 Å². The van der Waals surface area contributed by atoms with E-state index in [9.17, 15) is 0 Å². The Hall–Kier alpha value is -1.64. The third kappa shape index (κ3) is 20.7. The molecule has 2 rings (SSSR count). The van der Waals surface area contributed by atoms with Crippen LogP contribution in [-0.2, 0) is 6.54 Å². The summed E-state index contributed by atoms with van der Waals surface area (Å²) in [5.74, 6) is 0. The fraction of sp³-hybridized carbons (Fsp3) is 0.400. The first-order valence-electron chi connectivity index (χ1n) is 7.89. The van der Waals surface area contributed by atoms with Crippen LogP contribution in [0.4, 0.5) is 0 Å². The molecule has 0 spiro atoms. The van der Waals surface area contributed by atoms with Crippen molar-refractivity contribution in [3.8, 4) is 0 Å². The van der Waals surface area contributed by atoms with Crippen molar-refractivity contribution in [1.29, 1.82) is 0 Å². The highest BCUT2D eigenvalue weighted by molar-refractivity contribution is 5.14. The van der Waals surface area contributed by atoms with Crippen LogP contribution in [0.15, 0.2) is 66.7 Å². The van der Waals surface area contributed by atoms with Gasteiger partial charge in [-0.25, -0.2) is 0 Å². The van der Waals surface area contributed by atoms with E-state index in [1.54, 1.807) is 0 Å². The Morgan fingerprint density at radius 3 is 1.27 bits per heavy atom. The molecule has 0 aliphatic carbocycles. The van der Waals surface area contributed by atoms with E-state index in [1.165, 1.54) is 12.0 Å². The Kier molecular flexibility index (Phi) is 19.9. The van der Waals surface area contributed by atoms with Gasteiger partial charge < -0.3 is 10.2 Å². The van der Waals surface area contributed by atoms with Crippen LogP contribution in [0, 0.1) is 0 Å². The van der Waals surface area contributed by atoms with E-state index in [1.807, 2.05) is 56.6 Å². The quantitative estimate of drug-likeness (QED) is 0.866. The van der Waals surface area contributed by atoms with Gasteiger partial charge in [0.25, 0.3) is 0 Å². The summed E-state index contributed by atoms with van der Waals surface area (Å²) in [6.45, 7) is 5.28. The maximum atomic E-state index is 2.75. The molecule has 0 saturated heterocycles. The van der Waals surface area contributed by atoms with Gasteiger partial charge in [0.15, 0.2) is 0 Å². The van der Waals surface area contributed by atoms with Gasteiger partial charge in [-0.3, -0.25) is 0 Å². The van der Waals surface area contributed by atoms with Crippen LogP contribution < -0.4 is 5.32 Å². The predicted molar refractivity (Wildman–Crippen MR) is 101 cm³/mol. The maximum Gasteiger partial charge on any atom is 0.0227 e. The Morgan fingerprint density at radius 2 is 1.00 bits per heavy atom. The monoisotopic (exact) mass is 302 g/mol. The maximum absolute atomic E-state index is 2.75. The zero-order chi connectivity index (χ0) is 17.1. The minimum absolute atomic E-state index is 1.03. The molecule has 2 aromatic rings. The Morgan fingerprint density at radius 1 is 0.727 bits per heavy atom. The lowest BCUT2D eigenvalue weighted by Crippen LogP contribution is -2.10. The number of hydrogen-bond acceptors (Lipinski definition) is 2. The topological polar surface area (TPSA) is 15.3 Å². The molecule has 0 unspecified atom stereocenters. The Balaban J connectivity index is 0. The first-order chi connectivity index (χ1) is 10.6. The normalized spacial score (nSPS) is 8.50. The molecule has 124 valence electrons. The van der Waals surface area contributed by atoms with Crippen molar-refractivity contribution < 1.29 is 0 Å². The molecule has 0 amide bonds. The van der Waals surface area contributed by atoms with Gasteiger partial charge in [-0.05, 0) is 33.8 Å². The lowest BCUT2D eigenvalue weighted by molar-refractivity contribution is 0.402. The van der Waals surface area contributed by atoms with E-state index in [-0.39, 0.29) is 0 Å². The summed E-state index contributed by atoms with van der Waals surface area (Å²) in [6, 6.07) is 22.5. The summed E-state index contributed by atoms with van der Waals surface area (Å²) in [4.78, 5) is 2.16. The average Bonchev–Trinajstić information content (AvgIpc) is 2.52. The van der Waals surface area contributed by atoms with Crippen LogP contribution in [0.2, 0.25) is 0 Å². The Bertz CT molecular complexity index is 356. The summed E-state index contributed by atoms with van der Waals surface area (Å²) in [5.41, 5.74) is 1.37. The van der Waals surface area contributed by atoms with Gasteiger partial charge in [0.2, 0.25) is 0 Å². The predicted octanol–water partition coefficient (Wildman–Crippen LogP) is 4.69. The van der Waals surface area contributed by atoms with Gasteiger partial charge >= 0.3 is 0 Å². The van der Waals surface area contributed by atoms with E-state index in [4.69, 9.17) is 0 Å². The molecule has 0 radical (unpaired) electrons. The van der Waals surface area contributed by atoms with E-state index >= 15 is 0 Å². The van der Waals surface area contributed by atoms with Crippen LogP contribution in [-0.4, -0.2) is 33.1 Å². The minimum atomic E-state index is 1.03. The molecule has 0 heterocycles. The summed E-state index contributed by atoms with van der Waals surface area (Å²) in [7, 11) is 7.90. The van der Waals surface area contributed by atoms with Gasteiger partial charge in [-0.15, -0.1) is 0 Å². The molecule has 0 aromatic heterocycles. The fourth-order valence-corrected chi connectivity index (χ4v) is 1.33. The second-order valence-electron chi connectivity index (χ2n) is 5.09. The smallest absolute Gasteiger partial charge is 0.0227 e. The molecular formula is C20H34N2. The highest BCUT2D eigenvalue weighted by Gasteiger charge is 1.90. The lowest BCUT2D eigenvalue weighted by atomic mass is 10.2. The van der Waals surface area contributed by atoms with E-state index in [2.05, 4.69) is 62.4 Å². The molecule has 0 aliphatic rings. The van der Waals surface area contributed by atoms with Crippen molar-refractivity contribution in [1.82, 2.24) is 10.2 Å². The number of nitrogens with one attached hydrogen (secondary N) is 1. The molecule has 22 heavy (non-hydrogen) atoms.